The second-order valence-electron chi connectivity index (χ2n) is 4.34. The molecule has 3 nitrogen and oxygen atoms in total. The largest absolute Gasteiger partial charge is 0.381 e. The number of ketones is 1. The number of carbonyl (C=O) groups is 1. The zero-order valence-corrected chi connectivity index (χ0v) is 9.43. The molecule has 1 fully saturated rings. The van der Waals surface area contributed by atoms with Crippen molar-refractivity contribution in [2.45, 2.75) is 6.42 Å². The monoisotopic (exact) mass is 227 g/mol. The zero-order valence-electron chi connectivity index (χ0n) is 9.43. The first-order chi connectivity index (χ1) is 8.34. The molecule has 0 saturated carbocycles. The number of hydrogen-bond acceptors (Lipinski definition) is 3. The fourth-order valence-electron chi connectivity index (χ4n) is 2.20. The van der Waals surface area contributed by atoms with Crippen molar-refractivity contribution in [3.63, 3.8) is 0 Å². The molecule has 0 spiro atoms. The minimum atomic E-state index is 0.0242. The number of fused-ring (bicyclic) bond motifs is 1. The van der Waals surface area contributed by atoms with Crippen LogP contribution in [0.25, 0.3) is 10.9 Å². The molecule has 3 rings (SSSR count). The lowest BCUT2D eigenvalue weighted by Gasteiger charge is -2.07. The molecule has 1 aromatic heterocycles. The summed E-state index contributed by atoms with van der Waals surface area (Å²) in [6.07, 6.45) is 2.58. The lowest BCUT2D eigenvalue weighted by molar-refractivity contribution is 0.0900. The Balaban J connectivity index is 1.97. The van der Waals surface area contributed by atoms with E-state index in [9.17, 15) is 4.79 Å². The Kier molecular flexibility index (Phi) is 2.61. The van der Waals surface area contributed by atoms with Gasteiger partial charge >= 0.3 is 0 Å². The van der Waals surface area contributed by atoms with Crippen LogP contribution < -0.4 is 0 Å². The molecule has 2 heterocycles. The maximum absolute atomic E-state index is 12.2. The first kappa shape index (κ1) is 10.4. The van der Waals surface area contributed by atoms with Crippen LogP contribution in [0.3, 0.4) is 0 Å². The SMILES string of the molecule is O=C(c1ccc2cccnc2c1)C1CCOC1. The maximum Gasteiger partial charge on any atom is 0.168 e. The van der Waals surface area contributed by atoms with Crippen molar-refractivity contribution in [1.82, 2.24) is 4.98 Å². The summed E-state index contributed by atoms with van der Waals surface area (Å²) in [5.74, 6) is 0.200. The molecule has 0 N–H and O–H groups in total. The number of aromatic nitrogens is 1. The molecule has 0 amide bonds. The van der Waals surface area contributed by atoms with E-state index in [1.54, 1.807) is 6.20 Å². The van der Waals surface area contributed by atoms with Crippen molar-refractivity contribution in [3.05, 3.63) is 42.1 Å². The van der Waals surface area contributed by atoms with Crippen LogP contribution in [0, 0.1) is 5.92 Å². The Bertz CT molecular complexity index is 559. The van der Waals surface area contributed by atoms with Gasteiger partial charge in [0.2, 0.25) is 0 Å². The van der Waals surface area contributed by atoms with Crippen molar-refractivity contribution in [1.29, 1.82) is 0 Å². The summed E-state index contributed by atoms with van der Waals surface area (Å²) in [4.78, 5) is 16.5. The van der Waals surface area contributed by atoms with Crippen LogP contribution in [0.1, 0.15) is 16.8 Å². The minimum Gasteiger partial charge on any atom is -0.381 e. The molecular formula is C14H13NO2. The van der Waals surface area contributed by atoms with E-state index in [1.807, 2.05) is 30.3 Å². The van der Waals surface area contributed by atoms with Gasteiger partial charge in [0.15, 0.2) is 5.78 Å². The topological polar surface area (TPSA) is 39.2 Å². The van der Waals surface area contributed by atoms with E-state index in [-0.39, 0.29) is 11.7 Å². The van der Waals surface area contributed by atoms with E-state index in [4.69, 9.17) is 4.74 Å². The molecular weight excluding hydrogens is 214 g/mol. The van der Waals surface area contributed by atoms with Crippen LogP contribution in [-0.4, -0.2) is 24.0 Å². The van der Waals surface area contributed by atoms with Crippen molar-refractivity contribution in [2.24, 2.45) is 5.92 Å². The van der Waals surface area contributed by atoms with E-state index in [1.165, 1.54) is 0 Å². The Hall–Kier alpha value is -1.74. The molecule has 3 heteroatoms. The average Bonchev–Trinajstić information content (AvgIpc) is 2.91. The van der Waals surface area contributed by atoms with Crippen LogP contribution in [0.5, 0.6) is 0 Å². The molecule has 86 valence electrons. The predicted octanol–water partition coefficient (Wildman–Crippen LogP) is 2.45. The van der Waals surface area contributed by atoms with E-state index >= 15 is 0 Å². The van der Waals surface area contributed by atoms with Gasteiger partial charge in [-0.3, -0.25) is 9.78 Å². The molecule has 0 bridgehead atoms. The Labute approximate surface area is 99.4 Å². The molecule has 0 aliphatic carbocycles. The first-order valence-electron chi connectivity index (χ1n) is 5.81. The van der Waals surface area contributed by atoms with Gasteiger partial charge in [-0.25, -0.2) is 0 Å². The standard InChI is InChI=1S/C14H13NO2/c16-14(12-5-7-17-9-12)11-4-3-10-2-1-6-15-13(10)8-11/h1-4,6,8,12H,5,7,9H2. The molecule has 1 aromatic carbocycles. The third-order valence-electron chi connectivity index (χ3n) is 3.19. The number of benzene rings is 1. The third-order valence-corrected chi connectivity index (χ3v) is 3.19. The van der Waals surface area contributed by atoms with Crippen LogP contribution in [0.2, 0.25) is 0 Å². The van der Waals surface area contributed by atoms with Gasteiger partial charge < -0.3 is 4.74 Å². The van der Waals surface area contributed by atoms with Gasteiger partial charge in [0.25, 0.3) is 0 Å². The highest BCUT2D eigenvalue weighted by Crippen LogP contribution is 2.20. The van der Waals surface area contributed by atoms with Crippen molar-refractivity contribution in [2.75, 3.05) is 13.2 Å². The Morgan fingerprint density at radius 2 is 2.29 bits per heavy atom. The second kappa shape index (κ2) is 4.26. The van der Waals surface area contributed by atoms with E-state index in [2.05, 4.69) is 4.98 Å². The Morgan fingerprint density at radius 1 is 1.35 bits per heavy atom. The van der Waals surface area contributed by atoms with Gasteiger partial charge in [-0.1, -0.05) is 18.2 Å². The number of nitrogens with zero attached hydrogens (tertiary/aromatic N) is 1. The fourth-order valence-corrected chi connectivity index (χ4v) is 2.20. The second-order valence-corrected chi connectivity index (χ2v) is 4.34. The molecule has 1 aliphatic heterocycles. The van der Waals surface area contributed by atoms with Gasteiger partial charge in [0.05, 0.1) is 12.1 Å². The van der Waals surface area contributed by atoms with Crippen molar-refractivity contribution < 1.29 is 9.53 Å². The number of ether oxygens (including phenoxy) is 1. The summed E-state index contributed by atoms with van der Waals surface area (Å²) in [5, 5.41) is 1.06. The lowest BCUT2D eigenvalue weighted by atomic mass is 9.96. The molecule has 1 atom stereocenters. The van der Waals surface area contributed by atoms with Crippen LogP contribution in [0.4, 0.5) is 0 Å². The first-order valence-corrected chi connectivity index (χ1v) is 5.81. The average molecular weight is 227 g/mol. The van der Waals surface area contributed by atoms with Gasteiger partial charge in [0, 0.05) is 29.7 Å². The predicted molar refractivity (Wildman–Crippen MR) is 65.0 cm³/mol. The number of pyridine rings is 1. The molecule has 2 aromatic rings. The number of Topliss-reactive ketones (excluding diaryl/α,β-unsaturated/α-hetero) is 1. The summed E-state index contributed by atoms with van der Waals surface area (Å²) < 4.78 is 5.25. The Morgan fingerprint density at radius 3 is 3.12 bits per heavy atom. The summed E-state index contributed by atoms with van der Waals surface area (Å²) >= 11 is 0. The normalized spacial score (nSPS) is 19.6. The summed E-state index contributed by atoms with van der Waals surface area (Å²) in [6.45, 7) is 1.25. The maximum atomic E-state index is 12.2. The van der Waals surface area contributed by atoms with Crippen molar-refractivity contribution in [3.8, 4) is 0 Å². The van der Waals surface area contributed by atoms with E-state index in [0.29, 0.717) is 13.2 Å². The highest BCUT2D eigenvalue weighted by Gasteiger charge is 2.24. The molecule has 1 aliphatic rings. The summed E-state index contributed by atoms with van der Waals surface area (Å²) in [6, 6.07) is 9.59. The third kappa shape index (κ3) is 1.94. The van der Waals surface area contributed by atoms with Crippen LogP contribution >= 0.6 is 0 Å². The van der Waals surface area contributed by atoms with E-state index < -0.39 is 0 Å². The van der Waals surface area contributed by atoms with Gasteiger partial charge in [-0.05, 0) is 18.6 Å². The fraction of sp³-hybridized carbons (Fsp3) is 0.286. The summed E-state index contributed by atoms with van der Waals surface area (Å²) in [7, 11) is 0. The molecule has 17 heavy (non-hydrogen) atoms. The highest BCUT2D eigenvalue weighted by atomic mass is 16.5. The van der Waals surface area contributed by atoms with Gasteiger partial charge in [-0.15, -0.1) is 0 Å². The number of rotatable bonds is 2. The zero-order chi connectivity index (χ0) is 11.7. The van der Waals surface area contributed by atoms with Crippen LogP contribution in [-0.2, 0) is 4.74 Å². The molecule has 0 radical (unpaired) electrons. The molecule has 1 saturated heterocycles. The minimum absolute atomic E-state index is 0.0242. The summed E-state index contributed by atoms with van der Waals surface area (Å²) in [5.41, 5.74) is 1.61. The number of carbonyl (C=O) groups excluding carboxylic acids is 1. The lowest BCUT2D eigenvalue weighted by Crippen LogP contribution is -2.14. The van der Waals surface area contributed by atoms with Crippen molar-refractivity contribution >= 4 is 16.7 Å². The van der Waals surface area contributed by atoms with Gasteiger partial charge in [0.1, 0.15) is 0 Å². The molecule has 1 unspecified atom stereocenters. The van der Waals surface area contributed by atoms with Gasteiger partial charge in [-0.2, -0.15) is 0 Å². The highest BCUT2D eigenvalue weighted by molar-refractivity contribution is 6.00. The quantitative estimate of drug-likeness (QED) is 0.740. The smallest absolute Gasteiger partial charge is 0.168 e. The van der Waals surface area contributed by atoms with Crippen LogP contribution in [0.15, 0.2) is 36.5 Å². The number of hydrogen-bond donors (Lipinski definition) is 0. The van der Waals surface area contributed by atoms with E-state index in [0.717, 1.165) is 22.9 Å².